The third-order valence-electron chi connectivity index (χ3n) is 8.19. The highest BCUT2D eigenvalue weighted by Gasteiger charge is 2.55. The monoisotopic (exact) mass is 538 g/mol. The molecule has 2 atom stereocenters. The van der Waals surface area contributed by atoms with Crippen LogP contribution in [0.25, 0.3) is 0 Å². The summed E-state index contributed by atoms with van der Waals surface area (Å²) in [6.07, 6.45) is 2.62. The summed E-state index contributed by atoms with van der Waals surface area (Å²) >= 11 is 0. The zero-order valence-electron chi connectivity index (χ0n) is 21.1. The summed E-state index contributed by atoms with van der Waals surface area (Å²) in [5.41, 5.74) is 1.58. The van der Waals surface area contributed by atoms with Gasteiger partial charge in [0.2, 0.25) is 10.0 Å². The van der Waals surface area contributed by atoms with E-state index in [2.05, 4.69) is 5.32 Å². The van der Waals surface area contributed by atoms with Gasteiger partial charge in [0.15, 0.2) is 9.84 Å². The van der Waals surface area contributed by atoms with Gasteiger partial charge in [-0.05, 0) is 74.0 Å². The van der Waals surface area contributed by atoms with Crippen LogP contribution < -0.4 is 5.32 Å². The lowest BCUT2D eigenvalue weighted by Crippen LogP contribution is -2.47. The SMILES string of the molecule is CN(C[C@H](CC[C@H]1C2(CCNCC2)c2ccccc2S1(=O)=O)c1ccccc1)S(=O)(=O)c1ccccc1. The van der Waals surface area contributed by atoms with Crippen LogP contribution in [0.5, 0.6) is 0 Å². The van der Waals surface area contributed by atoms with E-state index >= 15 is 0 Å². The Kier molecular flexibility index (Phi) is 7.29. The first-order valence-corrected chi connectivity index (χ1v) is 15.9. The van der Waals surface area contributed by atoms with Crippen molar-refractivity contribution in [2.24, 2.45) is 0 Å². The Hall–Kier alpha value is -2.52. The van der Waals surface area contributed by atoms with Crippen LogP contribution in [0.15, 0.2) is 94.7 Å². The van der Waals surface area contributed by atoms with Crippen LogP contribution in [0.4, 0.5) is 0 Å². The van der Waals surface area contributed by atoms with Crippen molar-refractivity contribution in [3.63, 3.8) is 0 Å². The third-order valence-corrected chi connectivity index (χ3v) is 12.4. The van der Waals surface area contributed by atoms with Gasteiger partial charge in [0.25, 0.3) is 0 Å². The quantitative estimate of drug-likeness (QED) is 0.461. The van der Waals surface area contributed by atoms with Gasteiger partial charge in [-0.2, -0.15) is 0 Å². The van der Waals surface area contributed by atoms with Gasteiger partial charge in [-0.25, -0.2) is 21.1 Å². The summed E-state index contributed by atoms with van der Waals surface area (Å²) in [6.45, 7) is 1.86. The van der Waals surface area contributed by atoms with Crippen molar-refractivity contribution >= 4 is 19.9 Å². The Morgan fingerprint density at radius 3 is 2.19 bits per heavy atom. The summed E-state index contributed by atoms with van der Waals surface area (Å²) in [6, 6.07) is 25.8. The Balaban J connectivity index is 1.45. The molecule has 8 heteroatoms. The molecule has 3 aromatic carbocycles. The van der Waals surface area contributed by atoms with E-state index in [1.165, 1.54) is 4.31 Å². The van der Waals surface area contributed by atoms with Crippen LogP contribution >= 0.6 is 0 Å². The molecule has 1 N–H and O–H groups in total. The van der Waals surface area contributed by atoms with Crippen LogP contribution in [0.3, 0.4) is 0 Å². The third kappa shape index (κ3) is 4.76. The number of sulfone groups is 1. The largest absolute Gasteiger partial charge is 0.317 e. The van der Waals surface area contributed by atoms with Crippen LogP contribution in [0.2, 0.25) is 0 Å². The van der Waals surface area contributed by atoms with Gasteiger partial charge < -0.3 is 5.32 Å². The Morgan fingerprint density at radius 2 is 1.51 bits per heavy atom. The first-order valence-electron chi connectivity index (χ1n) is 12.9. The van der Waals surface area contributed by atoms with Gasteiger partial charge >= 0.3 is 0 Å². The molecular weight excluding hydrogens is 504 g/mol. The summed E-state index contributed by atoms with van der Waals surface area (Å²) in [4.78, 5) is 0.730. The number of fused-ring (bicyclic) bond motifs is 2. The second-order valence-corrected chi connectivity index (χ2v) is 14.4. The number of nitrogens with one attached hydrogen (secondary N) is 1. The molecule has 0 bridgehead atoms. The zero-order valence-corrected chi connectivity index (χ0v) is 22.7. The number of hydrogen-bond acceptors (Lipinski definition) is 5. The maximum absolute atomic E-state index is 13.8. The topological polar surface area (TPSA) is 83.6 Å². The number of piperidine rings is 1. The fourth-order valence-corrected chi connectivity index (χ4v) is 10.1. The number of sulfonamides is 1. The first-order chi connectivity index (χ1) is 17.8. The molecule has 0 radical (unpaired) electrons. The molecule has 0 aromatic heterocycles. The second kappa shape index (κ2) is 10.3. The molecule has 0 saturated carbocycles. The van der Waals surface area contributed by atoms with Crippen molar-refractivity contribution in [1.29, 1.82) is 0 Å². The minimum atomic E-state index is -3.67. The van der Waals surface area contributed by atoms with Crippen molar-refractivity contribution in [3.8, 4) is 0 Å². The van der Waals surface area contributed by atoms with Crippen LogP contribution in [-0.4, -0.2) is 53.1 Å². The van der Waals surface area contributed by atoms with Crippen LogP contribution in [0, 0.1) is 0 Å². The average molecular weight is 539 g/mol. The maximum atomic E-state index is 13.8. The van der Waals surface area contributed by atoms with Crippen molar-refractivity contribution in [3.05, 3.63) is 96.1 Å². The molecule has 1 saturated heterocycles. The van der Waals surface area contributed by atoms with Gasteiger partial charge in [-0.15, -0.1) is 0 Å². The zero-order chi connectivity index (χ0) is 26.1. The lowest BCUT2D eigenvalue weighted by molar-refractivity contribution is 0.282. The lowest BCUT2D eigenvalue weighted by atomic mass is 9.69. The summed E-state index contributed by atoms with van der Waals surface area (Å²) in [7, 11) is -5.55. The fourth-order valence-electron chi connectivity index (χ4n) is 6.27. The molecule has 1 spiro atoms. The molecule has 1 fully saturated rings. The average Bonchev–Trinajstić information content (AvgIpc) is 3.10. The molecule has 2 heterocycles. The van der Waals surface area contributed by atoms with Crippen LogP contribution in [0.1, 0.15) is 42.7 Å². The number of nitrogens with zero attached hydrogens (tertiary/aromatic N) is 1. The summed E-state index contributed by atoms with van der Waals surface area (Å²) in [5, 5.41) is 2.88. The highest BCUT2D eigenvalue weighted by Crippen LogP contribution is 2.52. The minimum Gasteiger partial charge on any atom is -0.317 e. The molecule has 2 aliphatic heterocycles. The fraction of sp³-hybridized carbons (Fsp3) is 0.379. The summed E-state index contributed by atoms with van der Waals surface area (Å²) in [5.74, 6) is -0.137. The van der Waals surface area contributed by atoms with Crippen LogP contribution in [-0.2, 0) is 25.3 Å². The van der Waals surface area contributed by atoms with E-state index in [-0.39, 0.29) is 17.4 Å². The highest BCUT2D eigenvalue weighted by molar-refractivity contribution is 7.92. The maximum Gasteiger partial charge on any atom is 0.242 e. The van der Waals surface area contributed by atoms with Gasteiger partial charge in [0, 0.05) is 19.0 Å². The van der Waals surface area contributed by atoms with E-state index in [9.17, 15) is 16.8 Å². The number of hydrogen-bond donors (Lipinski definition) is 1. The molecule has 3 aromatic rings. The molecule has 5 rings (SSSR count). The van der Waals surface area contributed by atoms with E-state index in [0.717, 1.165) is 37.1 Å². The number of rotatable bonds is 8. The number of benzene rings is 3. The van der Waals surface area contributed by atoms with Gasteiger partial charge in [-0.3, -0.25) is 0 Å². The van der Waals surface area contributed by atoms with Crippen molar-refractivity contribution in [2.45, 2.75) is 52.1 Å². The minimum absolute atomic E-state index is 0.137. The first kappa shape index (κ1) is 26.1. The van der Waals surface area contributed by atoms with Crippen molar-refractivity contribution in [2.75, 3.05) is 26.7 Å². The van der Waals surface area contributed by atoms with E-state index in [1.807, 2.05) is 48.5 Å². The van der Waals surface area contributed by atoms with Gasteiger partial charge in [0.1, 0.15) is 0 Å². The molecule has 2 aliphatic rings. The van der Waals surface area contributed by atoms with Crippen molar-refractivity contribution < 1.29 is 16.8 Å². The predicted molar refractivity (Wildman–Crippen MR) is 146 cm³/mol. The number of likely N-dealkylation sites (N-methyl/N-ethyl adjacent to an activating group) is 1. The predicted octanol–water partition coefficient (Wildman–Crippen LogP) is 4.35. The Morgan fingerprint density at radius 1 is 0.919 bits per heavy atom. The molecule has 0 aliphatic carbocycles. The smallest absolute Gasteiger partial charge is 0.242 e. The van der Waals surface area contributed by atoms with E-state index in [1.54, 1.807) is 43.4 Å². The Bertz CT molecular complexity index is 1440. The molecule has 37 heavy (non-hydrogen) atoms. The van der Waals surface area contributed by atoms with Gasteiger partial charge in [-0.1, -0.05) is 66.7 Å². The molecular formula is C29H34N2O4S2. The molecule has 6 nitrogen and oxygen atoms in total. The second-order valence-electron chi connectivity index (χ2n) is 10.2. The van der Waals surface area contributed by atoms with E-state index < -0.39 is 30.5 Å². The molecule has 196 valence electrons. The normalized spacial score (nSPS) is 21.1. The van der Waals surface area contributed by atoms with Gasteiger partial charge in [0.05, 0.1) is 15.0 Å². The lowest BCUT2D eigenvalue weighted by Gasteiger charge is -2.39. The van der Waals surface area contributed by atoms with E-state index in [4.69, 9.17) is 0 Å². The standard InChI is InChI=1S/C29H34N2O4S2/c1-31(37(34,35)25-12-6-3-7-13-25)22-24(23-10-4-2-5-11-23)16-17-28-29(18-20-30-21-19-29)26-14-8-9-15-27(26)36(28,32)33/h2-15,24,28,30H,16-22H2,1H3/t24-,28-/m0/s1. The highest BCUT2D eigenvalue weighted by atomic mass is 32.2. The van der Waals surface area contributed by atoms with E-state index in [0.29, 0.717) is 17.7 Å². The summed E-state index contributed by atoms with van der Waals surface area (Å²) < 4.78 is 55.6. The molecule has 0 amide bonds. The molecule has 0 unspecified atom stereocenters. The Labute approximate surface area is 220 Å². The van der Waals surface area contributed by atoms with Crippen molar-refractivity contribution in [1.82, 2.24) is 9.62 Å².